The van der Waals surface area contributed by atoms with Crippen LogP contribution in [0.2, 0.25) is 0 Å². The lowest BCUT2D eigenvalue weighted by Crippen LogP contribution is -2.11. The number of nitrogens with two attached hydrogens (primary N) is 1. The third kappa shape index (κ3) is 3.55. The van der Waals surface area contributed by atoms with E-state index in [1.54, 1.807) is 12.1 Å². The third-order valence-corrected chi connectivity index (χ3v) is 3.06. The number of rotatable bonds is 5. The summed E-state index contributed by atoms with van der Waals surface area (Å²) in [5.74, 6) is 0.366. The van der Waals surface area contributed by atoms with E-state index < -0.39 is 0 Å². The maximum absolute atomic E-state index is 13.6. The Kier molecular flexibility index (Phi) is 4.53. The molecule has 2 nitrogen and oxygen atoms in total. The van der Waals surface area contributed by atoms with Gasteiger partial charge in [0.05, 0.1) is 0 Å². The third-order valence-electron chi connectivity index (χ3n) is 3.06. The van der Waals surface area contributed by atoms with Crippen molar-refractivity contribution >= 4 is 0 Å². The Labute approximate surface area is 113 Å². The molecule has 2 N–H and O–H groups in total. The zero-order valence-electron chi connectivity index (χ0n) is 11.0. The SMILES string of the molecule is CCC(N)c1cc(OCc2ccccc2)ccc1F. The van der Waals surface area contributed by atoms with Gasteiger partial charge < -0.3 is 10.5 Å². The van der Waals surface area contributed by atoms with Crippen LogP contribution >= 0.6 is 0 Å². The summed E-state index contributed by atoms with van der Waals surface area (Å²) in [4.78, 5) is 0. The van der Waals surface area contributed by atoms with E-state index in [1.165, 1.54) is 6.07 Å². The van der Waals surface area contributed by atoms with Gasteiger partial charge in [-0.1, -0.05) is 37.3 Å². The average molecular weight is 259 g/mol. The maximum Gasteiger partial charge on any atom is 0.128 e. The number of ether oxygens (including phenoxy) is 1. The van der Waals surface area contributed by atoms with E-state index in [-0.39, 0.29) is 11.9 Å². The summed E-state index contributed by atoms with van der Waals surface area (Å²) in [6.07, 6.45) is 0.694. The summed E-state index contributed by atoms with van der Waals surface area (Å²) in [6, 6.07) is 14.3. The van der Waals surface area contributed by atoms with Crippen LogP contribution in [-0.4, -0.2) is 0 Å². The van der Waals surface area contributed by atoms with E-state index in [0.29, 0.717) is 24.3 Å². The van der Waals surface area contributed by atoms with Gasteiger partial charge in [-0.25, -0.2) is 4.39 Å². The summed E-state index contributed by atoms with van der Waals surface area (Å²) in [5, 5.41) is 0. The van der Waals surface area contributed by atoms with Crippen LogP contribution in [0.5, 0.6) is 5.75 Å². The minimum absolute atomic E-state index is 0.276. The molecule has 0 radical (unpaired) electrons. The van der Waals surface area contributed by atoms with Crippen LogP contribution in [0.1, 0.15) is 30.5 Å². The van der Waals surface area contributed by atoms with E-state index in [9.17, 15) is 4.39 Å². The molecule has 19 heavy (non-hydrogen) atoms. The Morgan fingerprint density at radius 3 is 2.58 bits per heavy atom. The molecule has 0 aliphatic heterocycles. The lowest BCUT2D eigenvalue weighted by atomic mass is 10.0. The van der Waals surface area contributed by atoms with E-state index in [4.69, 9.17) is 10.5 Å². The second kappa shape index (κ2) is 6.34. The smallest absolute Gasteiger partial charge is 0.128 e. The van der Waals surface area contributed by atoms with E-state index >= 15 is 0 Å². The number of hydrogen-bond acceptors (Lipinski definition) is 2. The van der Waals surface area contributed by atoms with Crippen molar-refractivity contribution in [2.24, 2.45) is 5.73 Å². The van der Waals surface area contributed by atoms with Gasteiger partial charge in [-0.3, -0.25) is 0 Å². The standard InChI is InChI=1S/C16H18FNO/c1-2-16(18)14-10-13(8-9-15(14)17)19-11-12-6-4-3-5-7-12/h3-10,16H,2,11,18H2,1H3. The van der Waals surface area contributed by atoms with Crippen molar-refractivity contribution in [2.45, 2.75) is 26.0 Å². The molecule has 0 bridgehead atoms. The van der Waals surface area contributed by atoms with Gasteiger partial charge >= 0.3 is 0 Å². The fourth-order valence-electron chi connectivity index (χ4n) is 1.86. The summed E-state index contributed by atoms with van der Waals surface area (Å²) in [5.41, 5.74) is 7.46. The van der Waals surface area contributed by atoms with Crippen molar-refractivity contribution in [3.63, 3.8) is 0 Å². The molecule has 0 aliphatic rings. The second-order valence-corrected chi connectivity index (χ2v) is 4.47. The molecule has 1 unspecified atom stereocenters. The molecular weight excluding hydrogens is 241 g/mol. The van der Waals surface area contributed by atoms with Crippen molar-refractivity contribution < 1.29 is 9.13 Å². The molecule has 100 valence electrons. The minimum Gasteiger partial charge on any atom is -0.489 e. The predicted molar refractivity (Wildman–Crippen MR) is 74.4 cm³/mol. The zero-order valence-corrected chi connectivity index (χ0v) is 11.0. The average Bonchev–Trinajstić information content (AvgIpc) is 2.46. The maximum atomic E-state index is 13.6. The molecule has 0 saturated carbocycles. The molecule has 0 spiro atoms. The first-order valence-electron chi connectivity index (χ1n) is 6.42. The number of benzene rings is 2. The van der Waals surface area contributed by atoms with Crippen molar-refractivity contribution in [2.75, 3.05) is 0 Å². The Balaban J connectivity index is 2.09. The molecule has 0 aliphatic carbocycles. The van der Waals surface area contributed by atoms with Gasteiger partial charge in [-0.15, -0.1) is 0 Å². The van der Waals surface area contributed by atoms with Gasteiger partial charge in [0.1, 0.15) is 18.2 Å². The van der Waals surface area contributed by atoms with Crippen LogP contribution in [-0.2, 0) is 6.61 Å². The van der Waals surface area contributed by atoms with Crippen molar-refractivity contribution in [1.29, 1.82) is 0 Å². The van der Waals surface area contributed by atoms with Crippen molar-refractivity contribution in [1.82, 2.24) is 0 Å². The first-order chi connectivity index (χ1) is 9.20. The molecule has 2 aromatic rings. The van der Waals surface area contributed by atoms with Gasteiger partial charge in [0, 0.05) is 11.6 Å². The summed E-state index contributed by atoms with van der Waals surface area (Å²) < 4.78 is 19.3. The molecule has 1 atom stereocenters. The van der Waals surface area contributed by atoms with Crippen LogP contribution in [0.3, 0.4) is 0 Å². The molecule has 0 saturated heterocycles. The molecule has 2 aromatic carbocycles. The highest BCUT2D eigenvalue weighted by atomic mass is 19.1. The number of hydrogen-bond donors (Lipinski definition) is 1. The molecule has 0 fully saturated rings. The summed E-state index contributed by atoms with van der Waals surface area (Å²) in [7, 11) is 0. The predicted octanol–water partition coefficient (Wildman–Crippen LogP) is 3.81. The highest BCUT2D eigenvalue weighted by Gasteiger charge is 2.10. The topological polar surface area (TPSA) is 35.2 Å². The van der Waals surface area contributed by atoms with Gasteiger partial charge in [0.2, 0.25) is 0 Å². The fourth-order valence-corrected chi connectivity index (χ4v) is 1.86. The second-order valence-electron chi connectivity index (χ2n) is 4.47. The quantitative estimate of drug-likeness (QED) is 0.886. The first kappa shape index (κ1) is 13.6. The van der Waals surface area contributed by atoms with Gasteiger partial charge in [-0.2, -0.15) is 0 Å². The Morgan fingerprint density at radius 2 is 1.89 bits per heavy atom. The summed E-state index contributed by atoms with van der Waals surface area (Å²) in [6.45, 7) is 2.40. The lowest BCUT2D eigenvalue weighted by Gasteiger charge is -2.13. The largest absolute Gasteiger partial charge is 0.489 e. The summed E-state index contributed by atoms with van der Waals surface area (Å²) >= 11 is 0. The molecule has 0 heterocycles. The molecule has 0 amide bonds. The van der Waals surface area contributed by atoms with Crippen molar-refractivity contribution in [3.8, 4) is 5.75 Å². The van der Waals surface area contributed by atoms with Crippen molar-refractivity contribution in [3.05, 3.63) is 65.5 Å². The molecule has 3 heteroatoms. The van der Waals surface area contributed by atoms with Crippen LogP contribution in [0.25, 0.3) is 0 Å². The van der Waals surface area contributed by atoms with Crippen LogP contribution in [0.4, 0.5) is 4.39 Å². The minimum atomic E-state index is -0.291. The van der Waals surface area contributed by atoms with Crippen LogP contribution in [0.15, 0.2) is 48.5 Å². The molecule has 2 rings (SSSR count). The fraction of sp³-hybridized carbons (Fsp3) is 0.250. The highest BCUT2D eigenvalue weighted by Crippen LogP contribution is 2.23. The van der Waals surface area contributed by atoms with E-state index in [2.05, 4.69) is 0 Å². The van der Waals surface area contributed by atoms with Gasteiger partial charge in [0.15, 0.2) is 0 Å². The Morgan fingerprint density at radius 1 is 1.16 bits per heavy atom. The van der Waals surface area contributed by atoms with E-state index in [0.717, 1.165) is 5.56 Å². The monoisotopic (exact) mass is 259 g/mol. The van der Waals surface area contributed by atoms with Gasteiger partial charge in [-0.05, 0) is 30.2 Å². The van der Waals surface area contributed by atoms with Crippen LogP contribution < -0.4 is 10.5 Å². The molecule has 0 aromatic heterocycles. The van der Waals surface area contributed by atoms with Crippen LogP contribution in [0, 0.1) is 5.82 Å². The Bertz CT molecular complexity index is 528. The highest BCUT2D eigenvalue weighted by molar-refractivity contribution is 5.32. The Hall–Kier alpha value is -1.87. The lowest BCUT2D eigenvalue weighted by molar-refractivity contribution is 0.305. The van der Waals surface area contributed by atoms with Gasteiger partial charge in [0.25, 0.3) is 0 Å². The first-order valence-corrected chi connectivity index (χ1v) is 6.42. The number of halogens is 1. The van der Waals surface area contributed by atoms with E-state index in [1.807, 2.05) is 37.3 Å². The zero-order chi connectivity index (χ0) is 13.7. The normalized spacial score (nSPS) is 12.2. The molecular formula is C16H18FNO.